The summed E-state index contributed by atoms with van der Waals surface area (Å²) in [4.78, 5) is 2.44. The van der Waals surface area contributed by atoms with Crippen molar-refractivity contribution in [3.63, 3.8) is 0 Å². The minimum Gasteiger partial charge on any atom is -0.297 e. The molecule has 0 spiro atoms. The molecule has 0 N–H and O–H groups in total. The lowest BCUT2D eigenvalue weighted by Crippen LogP contribution is -2.48. The molecular weight excluding hydrogens is 319 g/mol. The van der Waals surface area contributed by atoms with Gasteiger partial charge in [0, 0.05) is 37.7 Å². The molecule has 1 saturated heterocycles. The standard InChI is InChI=1S/C13H17ClN2O2S.ClH/c1-2-6-15-7-9-16(10-8-15)19(17,18)13-5-3-4-12(14)11-13;/h2-5,11H,1,6-10H2;1H. The first kappa shape index (κ1) is 17.5. The van der Waals surface area contributed by atoms with Crippen molar-refractivity contribution in [3.8, 4) is 0 Å². The third-order valence-corrected chi connectivity index (χ3v) is 5.28. The second-order valence-corrected chi connectivity index (χ2v) is 6.83. The molecule has 1 aliphatic heterocycles. The Morgan fingerprint density at radius 2 is 1.90 bits per heavy atom. The number of benzene rings is 1. The average molecular weight is 337 g/mol. The second-order valence-electron chi connectivity index (χ2n) is 4.45. The topological polar surface area (TPSA) is 40.6 Å². The molecule has 0 aromatic heterocycles. The lowest BCUT2D eigenvalue weighted by atomic mass is 10.3. The van der Waals surface area contributed by atoms with Crippen LogP contribution in [0.3, 0.4) is 0 Å². The van der Waals surface area contributed by atoms with Gasteiger partial charge >= 0.3 is 0 Å². The average Bonchev–Trinajstić information content (AvgIpc) is 2.40. The van der Waals surface area contributed by atoms with E-state index in [9.17, 15) is 8.42 Å². The highest BCUT2D eigenvalue weighted by Gasteiger charge is 2.28. The van der Waals surface area contributed by atoms with Crippen molar-refractivity contribution in [1.82, 2.24) is 9.21 Å². The van der Waals surface area contributed by atoms with Crippen LogP contribution in [0.25, 0.3) is 0 Å². The highest BCUT2D eigenvalue weighted by molar-refractivity contribution is 7.89. The molecular formula is C13H18Cl2N2O2S. The normalized spacial score (nSPS) is 17.4. The number of nitrogens with zero attached hydrogens (tertiary/aromatic N) is 2. The van der Waals surface area contributed by atoms with Gasteiger partial charge in [0.2, 0.25) is 10.0 Å². The SMILES string of the molecule is C=CCN1CCN(S(=O)(=O)c2cccc(Cl)c2)CC1.Cl. The van der Waals surface area contributed by atoms with Crippen molar-refractivity contribution in [2.45, 2.75) is 4.90 Å². The summed E-state index contributed by atoms with van der Waals surface area (Å²) in [5.74, 6) is 0. The largest absolute Gasteiger partial charge is 0.297 e. The van der Waals surface area contributed by atoms with Crippen molar-refractivity contribution in [3.05, 3.63) is 41.9 Å². The number of hydrogen-bond acceptors (Lipinski definition) is 3. The molecule has 0 amide bonds. The molecule has 4 nitrogen and oxygen atoms in total. The van der Waals surface area contributed by atoms with Crippen molar-refractivity contribution >= 4 is 34.0 Å². The fourth-order valence-corrected chi connectivity index (χ4v) is 3.84. The third-order valence-electron chi connectivity index (χ3n) is 3.15. The molecule has 0 radical (unpaired) electrons. The lowest BCUT2D eigenvalue weighted by Gasteiger charge is -2.33. The van der Waals surface area contributed by atoms with Crippen LogP contribution >= 0.6 is 24.0 Å². The van der Waals surface area contributed by atoms with E-state index in [1.54, 1.807) is 18.2 Å². The van der Waals surface area contributed by atoms with Crippen LogP contribution in [0.2, 0.25) is 5.02 Å². The minimum atomic E-state index is -3.43. The maximum Gasteiger partial charge on any atom is 0.243 e. The van der Waals surface area contributed by atoms with Crippen LogP contribution in [0.5, 0.6) is 0 Å². The highest BCUT2D eigenvalue weighted by atomic mass is 35.5. The van der Waals surface area contributed by atoms with Crippen LogP contribution in [0.4, 0.5) is 0 Å². The Morgan fingerprint density at radius 1 is 1.25 bits per heavy atom. The van der Waals surface area contributed by atoms with E-state index in [1.807, 2.05) is 6.08 Å². The minimum absolute atomic E-state index is 0. The summed E-state index contributed by atoms with van der Waals surface area (Å²) >= 11 is 5.85. The molecule has 1 aliphatic rings. The van der Waals surface area contributed by atoms with E-state index in [0.717, 1.165) is 19.6 Å². The van der Waals surface area contributed by atoms with Gasteiger partial charge in [-0.05, 0) is 18.2 Å². The maximum atomic E-state index is 12.4. The molecule has 0 aliphatic carbocycles. The van der Waals surface area contributed by atoms with E-state index in [0.29, 0.717) is 18.1 Å². The van der Waals surface area contributed by atoms with Crippen LogP contribution in [0.15, 0.2) is 41.8 Å². The molecule has 20 heavy (non-hydrogen) atoms. The van der Waals surface area contributed by atoms with E-state index < -0.39 is 10.0 Å². The van der Waals surface area contributed by atoms with Crippen LogP contribution < -0.4 is 0 Å². The number of piperazine rings is 1. The Bertz CT molecular complexity index is 555. The third kappa shape index (κ3) is 3.96. The van der Waals surface area contributed by atoms with Gasteiger partial charge in [0.1, 0.15) is 0 Å². The molecule has 0 bridgehead atoms. The smallest absolute Gasteiger partial charge is 0.243 e. The summed E-state index contributed by atoms with van der Waals surface area (Å²) in [6, 6.07) is 6.40. The zero-order chi connectivity index (χ0) is 13.9. The van der Waals surface area contributed by atoms with E-state index in [2.05, 4.69) is 11.5 Å². The predicted molar refractivity (Wildman–Crippen MR) is 84.1 cm³/mol. The van der Waals surface area contributed by atoms with Crippen LogP contribution in [-0.4, -0.2) is 50.3 Å². The summed E-state index contributed by atoms with van der Waals surface area (Å²) in [6.07, 6.45) is 1.83. The lowest BCUT2D eigenvalue weighted by molar-refractivity contribution is 0.204. The molecule has 0 saturated carbocycles. The number of halogens is 2. The molecule has 1 fully saturated rings. The van der Waals surface area contributed by atoms with E-state index >= 15 is 0 Å². The predicted octanol–water partition coefficient (Wildman–Crippen LogP) is 2.25. The first-order valence-corrected chi connectivity index (χ1v) is 7.95. The zero-order valence-electron chi connectivity index (χ0n) is 11.0. The van der Waals surface area contributed by atoms with Gasteiger partial charge in [0.15, 0.2) is 0 Å². The Morgan fingerprint density at radius 3 is 2.45 bits per heavy atom. The fraction of sp³-hybridized carbons (Fsp3) is 0.385. The molecule has 112 valence electrons. The molecule has 0 unspecified atom stereocenters. The Kier molecular flexibility index (Phi) is 6.48. The van der Waals surface area contributed by atoms with Crippen LogP contribution in [0.1, 0.15) is 0 Å². The summed E-state index contributed by atoms with van der Waals surface area (Å²) in [6.45, 7) is 6.95. The quantitative estimate of drug-likeness (QED) is 0.792. The molecule has 1 aromatic carbocycles. The number of rotatable bonds is 4. The number of hydrogen-bond donors (Lipinski definition) is 0. The van der Waals surface area contributed by atoms with Gasteiger partial charge in [-0.3, -0.25) is 4.90 Å². The Labute approximate surface area is 131 Å². The van der Waals surface area contributed by atoms with Crippen LogP contribution in [0, 0.1) is 0 Å². The van der Waals surface area contributed by atoms with E-state index in [1.165, 1.54) is 10.4 Å². The molecule has 2 rings (SSSR count). The van der Waals surface area contributed by atoms with Crippen molar-refractivity contribution in [2.75, 3.05) is 32.7 Å². The second kappa shape index (κ2) is 7.43. The van der Waals surface area contributed by atoms with Gasteiger partial charge in [0.05, 0.1) is 4.90 Å². The Balaban J connectivity index is 0.00000200. The van der Waals surface area contributed by atoms with E-state index in [-0.39, 0.29) is 17.3 Å². The van der Waals surface area contributed by atoms with Gasteiger partial charge in [-0.2, -0.15) is 4.31 Å². The van der Waals surface area contributed by atoms with E-state index in [4.69, 9.17) is 11.6 Å². The molecule has 7 heteroatoms. The van der Waals surface area contributed by atoms with Crippen molar-refractivity contribution in [2.24, 2.45) is 0 Å². The van der Waals surface area contributed by atoms with Gasteiger partial charge in [0.25, 0.3) is 0 Å². The van der Waals surface area contributed by atoms with Gasteiger partial charge in [-0.25, -0.2) is 8.42 Å². The maximum absolute atomic E-state index is 12.4. The summed E-state index contributed by atoms with van der Waals surface area (Å²) in [7, 11) is -3.43. The van der Waals surface area contributed by atoms with Crippen molar-refractivity contribution < 1.29 is 8.42 Å². The Hall–Kier alpha value is -0.590. The molecule has 0 atom stereocenters. The summed E-state index contributed by atoms with van der Waals surface area (Å²) in [5.41, 5.74) is 0. The monoisotopic (exact) mass is 336 g/mol. The van der Waals surface area contributed by atoms with Crippen LogP contribution in [-0.2, 0) is 10.0 Å². The molecule has 1 heterocycles. The summed E-state index contributed by atoms with van der Waals surface area (Å²) in [5, 5.41) is 0.436. The first-order valence-electron chi connectivity index (χ1n) is 6.13. The highest BCUT2D eigenvalue weighted by Crippen LogP contribution is 2.20. The van der Waals surface area contributed by atoms with Gasteiger partial charge in [-0.1, -0.05) is 23.7 Å². The molecule has 1 aromatic rings. The fourth-order valence-electron chi connectivity index (χ4n) is 2.11. The first-order chi connectivity index (χ1) is 9.04. The van der Waals surface area contributed by atoms with Gasteiger partial charge < -0.3 is 0 Å². The number of sulfonamides is 1. The summed E-state index contributed by atoms with van der Waals surface area (Å²) < 4.78 is 26.4. The van der Waals surface area contributed by atoms with Crippen molar-refractivity contribution in [1.29, 1.82) is 0 Å². The zero-order valence-corrected chi connectivity index (χ0v) is 13.4. The van der Waals surface area contributed by atoms with Gasteiger partial charge in [-0.15, -0.1) is 19.0 Å².